The van der Waals surface area contributed by atoms with Crippen molar-refractivity contribution in [2.75, 3.05) is 6.54 Å². The van der Waals surface area contributed by atoms with Crippen LogP contribution in [0, 0.1) is 0 Å². The number of aromatic nitrogens is 2. The van der Waals surface area contributed by atoms with Crippen molar-refractivity contribution in [3.05, 3.63) is 47.5 Å². The van der Waals surface area contributed by atoms with Gasteiger partial charge in [0.1, 0.15) is 4.90 Å². The van der Waals surface area contributed by atoms with Crippen molar-refractivity contribution >= 4 is 21.6 Å². The largest absolute Gasteiger partial charge is 0.336 e. The van der Waals surface area contributed by atoms with Crippen LogP contribution in [-0.4, -0.2) is 24.5 Å². The minimum absolute atomic E-state index is 0.0488. The van der Waals surface area contributed by atoms with Crippen molar-refractivity contribution in [1.29, 1.82) is 0 Å². The van der Waals surface area contributed by atoms with Gasteiger partial charge >= 0.3 is 0 Å². The molecule has 108 valence electrons. The number of nitrogens with two attached hydrogens (primary N) is 1. The number of benzene rings is 1. The lowest BCUT2D eigenvalue weighted by atomic mass is 10.2. The zero-order valence-electron chi connectivity index (χ0n) is 10.7. The van der Waals surface area contributed by atoms with E-state index < -0.39 is 10.0 Å². The first-order valence-electron chi connectivity index (χ1n) is 5.97. The van der Waals surface area contributed by atoms with Gasteiger partial charge in [0.05, 0.1) is 11.3 Å². The predicted molar refractivity (Wildman–Crippen MR) is 76.8 cm³/mol. The molecule has 0 saturated heterocycles. The molecular weight excluding hydrogens is 300 g/mol. The predicted octanol–water partition coefficient (Wildman–Crippen LogP) is 0.974. The summed E-state index contributed by atoms with van der Waals surface area (Å²) in [7, 11) is -3.65. The maximum absolute atomic E-state index is 12.2. The van der Waals surface area contributed by atoms with Gasteiger partial charge in [-0.1, -0.05) is 17.7 Å². The molecule has 0 spiro atoms. The van der Waals surface area contributed by atoms with Gasteiger partial charge in [0.2, 0.25) is 10.0 Å². The molecule has 6 nitrogen and oxygen atoms in total. The quantitative estimate of drug-likeness (QED) is 0.831. The zero-order chi connectivity index (χ0) is 14.6. The topological polar surface area (TPSA) is 90.0 Å². The lowest BCUT2D eigenvalue weighted by molar-refractivity contribution is 0.572. The van der Waals surface area contributed by atoms with E-state index in [1.807, 2.05) is 0 Å². The number of hydrogen-bond acceptors (Lipinski definition) is 4. The van der Waals surface area contributed by atoms with Gasteiger partial charge in [-0.2, -0.15) is 0 Å². The highest BCUT2D eigenvalue weighted by molar-refractivity contribution is 7.89. The molecule has 0 aliphatic rings. The average molecular weight is 315 g/mol. The van der Waals surface area contributed by atoms with Crippen LogP contribution in [0.3, 0.4) is 0 Å². The Morgan fingerprint density at radius 2 is 2.20 bits per heavy atom. The van der Waals surface area contributed by atoms with Crippen LogP contribution in [0.15, 0.2) is 41.8 Å². The fraction of sp³-hybridized carbons (Fsp3) is 0.250. The minimum Gasteiger partial charge on any atom is -0.336 e. The summed E-state index contributed by atoms with van der Waals surface area (Å²) < 4.78 is 28.7. The first kappa shape index (κ1) is 15.0. The standard InChI is InChI=1S/C12H15ClN4O2S/c13-11-2-1-10(8-14)7-12(11)20(18,19)16-4-6-17-5-3-15-9-17/h1-3,5,7,9,16H,4,6,8,14H2. The van der Waals surface area contributed by atoms with E-state index in [1.165, 1.54) is 12.1 Å². The lowest BCUT2D eigenvalue weighted by Crippen LogP contribution is -2.27. The van der Waals surface area contributed by atoms with Gasteiger partial charge in [0.25, 0.3) is 0 Å². The number of hydrogen-bond donors (Lipinski definition) is 2. The molecule has 0 unspecified atom stereocenters. The third-order valence-electron chi connectivity index (χ3n) is 2.74. The molecular formula is C12H15ClN4O2S. The van der Waals surface area contributed by atoms with E-state index in [0.717, 1.165) is 0 Å². The molecule has 20 heavy (non-hydrogen) atoms. The highest BCUT2D eigenvalue weighted by atomic mass is 35.5. The Kier molecular flexibility index (Phi) is 4.77. The molecule has 0 aliphatic carbocycles. The maximum Gasteiger partial charge on any atom is 0.242 e. The molecule has 0 saturated carbocycles. The summed E-state index contributed by atoms with van der Waals surface area (Å²) in [6.07, 6.45) is 5.02. The SMILES string of the molecule is NCc1ccc(Cl)c(S(=O)(=O)NCCn2ccnc2)c1. The van der Waals surface area contributed by atoms with Gasteiger partial charge < -0.3 is 10.3 Å². The molecule has 1 aromatic heterocycles. The van der Waals surface area contributed by atoms with Crippen LogP contribution in [0.1, 0.15) is 5.56 Å². The van der Waals surface area contributed by atoms with Crippen molar-refractivity contribution < 1.29 is 8.42 Å². The number of sulfonamides is 1. The van der Waals surface area contributed by atoms with Crippen molar-refractivity contribution in [3.8, 4) is 0 Å². The summed E-state index contributed by atoms with van der Waals surface area (Å²) in [5.74, 6) is 0. The summed E-state index contributed by atoms with van der Waals surface area (Å²) in [5, 5.41) is 0.178. The van der Waals surface area contributed by atoms with E-state index in [2.05, 4.69) is 9.71 Å². The fourth-order valence-corrected chi connectivity index (χ4v) is 3.26. The third-order valence-corrected chi connectivity index (χ3v) is 4.68. The van der Waals surface area contributed by atoms with Crippen LogP contribution in [0.4, 0.5) is 0 Å². The van der Waals surface area contributed by atoms with E-state index >= 15 is 0 Å². The third kappa shape index (κ3) is 3.57. The van der Waals surface area contributed by atoms with Gasteiger partial charge in [0, 0.05) is 32.0 Å². The molecule has 1 aromatic carbocycles. The summed E-state index contributed by atoms with van der Waals surface area (Å²) >= 11 is 5.94. The molecule has 3 N–H and O–H groups in total. The second-order valence-corrected chi connectivity index (χ2v) is 6.31. The molecule has 0 fully saturated rings. The van der Waals surface area contributed by atoms with E-state index in [9.17, 15) is 8.42 Å². The Hall–Kier alpha value is -1.41. The first-order chi connectivity index (χ1) is 9.53. The van der Waals surface area contributed by atoms with Gasteiger partial charge in [-0.3, -0.25) is 0 Å². The Balaban J connectivity index is 2.09. The van der Waals surface area contributed by atoms with Crippen LogP contribution in [0.2, 0.25) is 5.02 Å². The molecule has 8 heteroatoms. The number of halogens is 1. The summed E-state index contributed by atoms with van der Waals surface area (Å²) in [6.45, 7) is 1.00. The molecule has 0 atom stereocenters. The maximum atomic E-state index is 12.2. The van der Waals surface area contributed by atoms with Crippen LogP contribution >= 0.6 is 11.6 Å². The van der Waals surface area contributed by atoms with Crippen LogP contribution < -0.4 is 10.5 Å². The van der Waals surface area contributed by atoms with Crippen molar-refractivity contribution in [2.45, 2.75) is 18.0 Å². The molecule has 1 heterocycles. The molecule has 2 aromatic rings. The Morgan fingerprint density at radius 3 is 2.85 bits per heavy atom. The van der Waals surface area contributed by atoms with E-state index in [0.29, 0.717) is 12.1 Å². The average Bonchev–Trinajstić information content (AvgIpc) is 2.92. The normalized spacial score (nSPS) is 11.7. The number of imidazole rings is 1. The number of nitrogens with zero attached hydrogens (tertiary/aromatic N) is 2. The van der Waals surface area contributed by atoms with Crippen LogP contribution in [0.5, 0.6) is 0 Å². The van der Waals surface area contributed by atoms with Crippen molar-refractivity contribution in [1.82, 2.24) is 14.3 Å². The Morgan fingerprint density at radius 1 is 1.40 bits per heavy atom. The Bertz CT molecular complexity index is 671. The van der Waals surface area contributed by atoms with Gasteiger partial charge in [-0.25, -0.2) is 18.1 Å². The van der Waals surface area contributed by atoms with Crippen LogP contribution in [0.25, 0.3) is 0 Å². The smallest absolute Gasteiger partial charge is 0.242 e. The highest BCUT2D eigenvalue weighted by Crippen LogP contribution is 2.22. The molecule has 0 bridgehead atoms. The minimum atomic E-state index is -3.65. The zero-order valence-corrected chi connectivity index (χ0v) is 12.2. The summed E-state index contributed by atoms with van der Waals surface area (Å²) in [5.41, 5.74) is 6.22. The van der Waals surface area contributed by atoms with Gasteiger partial charge in [-0.05, 0) is 17.7 Å². The molecule has 0 aliphatic heterocycles. The molecule has 0 radical (unpaired) electrons. The van der Waals surface area contributed by atoms with Gasteiger partial charge in [-0.15, -0.1) is 0 Å². The molecule has 0 amide bonds. The summed E-state index contributed by atoms with van der Waals surface area (Å²) in [6, 6.07) is 4.73. The first-order valence-corrected chi connectivity index (χ1v) is 7.83. The van der Waals surface area contributed by atoms with E-state index in [1.54, 1.807) is 29.4 Å². The summed E-state index contributed by atoms with van der Waals surface area (Å²) in [4.78, 5) is 3.93. The molecule has 2 rings (SSSR count). The second-order valence-electron chi connectivity index (χ2n) is 4.17. The van der Waals surface area contributed by atoms with E-state index in [-0.39, 0.29) is 23.0 Å². The number of rotatable bonds is 6. The van der Waals surface area contributed by atoms with Crippen molar-refractivity contribution in [3.63, 3.8) is 0 Å². The van der Waals surface area contributed by atoms with Crippen LogP contribution in [-0.2, 0) is 23.1 Å². The fourth-order valence-electron chi connectivity index (χ4n) is 1.69. The lowest BCUT2D eigenvalue weighted by Gasteiger charge is -2.10. The Labute approximate surface area is 122 Å². The number of nitrogens with one attached hydrogen (secondary N) is 1. The van der Waals surface area contributed by atoms with Crippen molar-refractivity contribution in [2.24, 2.45) is 5.73 Å². The monoisotopic (exact) mass is 314 g/mol. The highest BCUT2D eigenvalue weighted by Gasteiger charge is 2.17. The van der Waals surface area contributed by atoms with Gasteiger partial charge in [0.15, 0.2) is 0 Å². The second kappa shape index (κ2) is 6.36. The van der Waals surface area contributed by atoms with E-state index in [4.69, 9.17) is 17.3 Å².